The molecule has 0 saturated carbocycles. The van der Waals surface area contributed by atoms with E-state index < -0.39 is 23.4 Å². The van der Waals surface area contributed by atoms with Gasteiger partial charge < -0.3 is 5.11 Å². The number of hydrogen-bond acceptors (Lipinski definition) is 3. The van der Waals surface area contributed by atoms with E-state index in [1.165, 1.54) is 24.3 Å². The topological polar surface area (TPSA) is 57.6 Å². The lowest BCUT2D eigenvalue weighted by Crippen LogP contribution is -2.37. The van der Waals surface area contributed by atoms with Gasteiger partial charge in [-0.3, -0.25) is 14.5 Å². The van der Waals surface area contributed by atoms with Gasteiger partial charge in [0.1, 0.15) is 5.82 Å². The standard InChI is InChI=1S/C13H12FNO3/c1-7(2)15-12(17)10(11(16)13(15)18)8-3-5-9(14)6-4-8/h3-7,16H,1-2H3. The fourth-order valence-electron chi connectivity index (χ4n) is 1.88. The zero-order valence-electron chi connectivity index (χ0n) is 9.98. The van der Waals surface area contributed by atoms with Gasteiger partial charge in [-0.15, -0.1) is 0 Å². The Labute approximate surface area is 103 Å². The minimum Gasteiger partial charge on any atom is -0.502 e. The molecule has 1 aromatic carbocycles. The second-order valence-corrected chi connectivity index (χ2v) is 4.30. The number of nitrogens with zero attached hydrogens (tertiary/aromatic N) is 1. The molecule has 5 heteroatoms. The lowest BCUT2D eigenvalue weighted by atomic mass is 10.1. The fourth-order valence-corrected chi connectivity index (χ4v) is 1.88. The van der Waals surface area contributed by atoms with Crippen molar-refractivity contribution >= 4 is 17.4 Å². The average molecular weight is 249 g/mol. The Morgan fingerprint density at radius 2 is 1.67 bits per heavy atom. The van der Waals surface area contributed by atoms with Crippen molar-refractivity contribution in [1.82, 2.24) is 4.90 Å². The molecule has 0 fully saturated rings. The summed E-state index contributed by atoms with van der Waals surface area (Å²) in [4.78, 5) is 24.8. The number of halogens is 1. The smallest absolute Gasteiger partial charge is 0.296 e. The van der Waals surface area contributed by atoms with E-state index in [0.29, 0.717) is 5.56 Å². The van der Waals surface area contributed by atoms with Crippen LogP contribution in [0.2, 0.25) is 0 Å². The normalized spacial score (nSPS) is 16.1. The van der Waals surface area contributed by atoms with Crippen molar-refractivity contribution in [3.8, 4) is 0 Å². The summed E-state index contributed by atoms with van der Waals surface area (Å²) in [6.45, 7) is 3.35. The molecule has 0 radical (unpaired) electrons. The minimum absolute atomic E-state index is 0.0753. The van der Waals surface area contributed by atoms with Crippen molar-refractivity contribution in [3.63, 3.8) is 0 Å². The Morgan fingerprint density at radius 3 is 2.11 bits per heavy atom. The number of aliphatic hydroxyl groups is 1. The first kappa shape index (κ1) is 12.3. The molecule has 0 aliphatic carbocycles. The predicted octanol–water partition coefficient (Wildman–Crippen LogP) is 1.87. The van der Waals surface area contributed by atoms with Crippen molar-refractivity contribution in [2.45, 2.75) is 19.9 Å². The third kappa shape index (κ3) is 1.77. The molecule has 0 spiro atoms. The van der Waals surface area contributed by atoms with Gasteiger partial charge in [0.25, 0.3) is 11.8 Å². The Morgan fingerprint density at radius 1 is 1.11 bits per heavy atom. The first-order valence-corrected chi connectivity index (χ1v) is 5.50. The SMILES string of the molecule is CC(C)N1C(=O)C(O)=C(c2ccc(F)cc2)C1=O. The maximum absolute atomic E-state index is 12.8. The van der Waals surface area contributed by atoms with Gasteiger partial charge in [-0.25, -0.2) is 4.39 Å². The quantitative estimate of drug-likeness (QED) is 0.814. The zero-order valence-corrected chi connectivity index (χ0v) is 9.98. The van der Waals surface area contributed by atoms with Crippen LogP contribution in [-0.4, -0.2) is 27.9 Å². The van der Waals surface area contributed by atoms with Crippen LogP contribution in [0.25, 0.3) is 5.57 Å². The summed E-state index contributed by atoms with van der Waals surface area (Å²) >= 11 is 0. The molecular weight excluding hydrogens is 237 g/mol. The molecule has 4 nitrogen and oxygen atoms in total. The first-order valence-electron chi connectivity index (χ1n) is 5.50. The molecule has 0 bridgehead atoms. The maximum atomic E-state index is 12.8. The Balaban J connectivity index is 2.48. The highest BCUT2D eigenvalue weighted by Gasteiger charge is 2.40. The van der Waals surface area contributed by atoms with Gasteiger partial charge in [-0.2, -0.15) is 0 Å². The minimum atomic E-state index is -0.714. The monoisotopic (exact) mass is 249 g/mol. The molecule has 0 aromatic heterocycles. The van der Waals surface area contributed by atoms with E-state index in [2.05, 4.69) is 0 Å². The van der Waals surface area contributed by atoms with E-state index in [4.69, 9.17) is 0 Å². The largest absolute Gasteiger partial charge is 0.502 e. The second kappa shape index (κ2) is 4.25. The lowest BCUT2D eigenvalue weighted by Gasteiger charge is -2.18. The number of amides is 2. The number of hydrogen-bond donors (Lipinski definition) is 1. The van der Waals surface area contributed by atoms with E-state index in [1.807, 2.05) is 0 Å². The van der Waals surface area contributed by atoms with E-state index in [1.54, 1.807) is 13.8 Å². The number of imide groups is 1. The number of rotatable bonds is 2. The summed E-state index contributed by atoms with van der Waals surface area (Å²) in [5.74, 6) is -2.30. The van der Waals surface area contributed by atoms with Gasteiger partial charge in [-0.1, -0.05) is 12.1 Å². The van der Waals surface area contributed by atoms with Gasteiger partial charge in [0.05, 0.1) is 5.57 Å². The number of carbonyl (C=O) groups excluding carboxylic acids is 2. The number of benzene rings is 1. The molecule has 18 heavy (non-hydrogen) atoms. The number of aliphatic hydroxyl groups excluding tert-OH is 1. The third-order valence-electron chi connectivity index (χ3n) is 2.74. The summed E-state index contributed by atoms with van der Waals surface area (Å²) in [5.41, 5.74) is 0.254. The van der Waals surface area contributed by atoms with Crippen LogP contribution in [0.15, 0.2) is 30.0 Å². The molecule has 2 amide bonds. The van der Waals surface area contributed by atoms with Gasteiger partial charge in [-0.05, 0) is 31.5 Å². The Hall–Kier alpha value is -2.17. The van der Waals surface area contributed by atoms with Gasteiger partial charge >= 0.3 is 0 Å². The zero-order chi connectivity index (χ0) is 13.4. The van der Waals surface area contributed by atoms with Gasteiger partial charge in [0, 0.05) is 6.04 Å². The van der Waals surface area contributed by atoms with Crippen LogP contribution < -0.4 is 0 Å². The predicted molar refractivity (Wildman–Crippen MR) is 62.9 cm³/mol. The molecule has 1 N–H and O–H groups in total. The summed E-state index contributed by atoms with van der Waals surface area (Å²) in [5, 5.41) is 9.74. The van der Waals surface area contributed by atoms with E-state index in [9.17, 15) is 19.1 Å². The highest BCUT2D eigenvalue weighted by Crippen LogP contribution is 2.29. The maximum Gasteiger partial charge on any atom is 0.296 e. The summed E-state index contributed by atoms with van der Waals surface area (Å²) < 4.78 is 12.8. The van der Waals surface area contributed by atoms with Crippen molar-refractivity contribution in [2.24, 2.45) is 0 Å². The van der Waals surface area contributed by atoms with Crippen LogP contribution in [0.5, 0.6) is 0 Å². The Kier molecular flexibility index (Phi) is 2.90. The fraction of sp³-hybridized carbons (Fsp3) is 0.231. The van der Waals surface area contributed by atoms with Crippen molar-refractivity contribution in [1.29, 1.82) is 0 Å². The van der Waals surface area contributed by atoms with Crippen LogP contribution in [0.1, 0.15) is 19.4 Å². The van der Waals surface area contributed by atoms with Crippen LogP contribution in [0, 0.1) is 5.82 Å². The average Bonchev–Trinajstić information content (AvgIpc) is 2.52. The van der Waals surface area contributed by atoms with Crippen LogP contribution in [0.3, 0.4) is 0 Å². The van der Waals surface area contributed by atoms with E-state index >= 15 is 0 Å². The van der Waals surface area contributed by atoms with Crippen molar-refractivity contribution in [2.75, 3.05) is 0 Å². The molecule has 1 heterocycles. The van der Waals surface area contributed by atoms with E-state index in [0.717, 1.165) is 4.90 Å². The van der Waals surface area contributed by atoms with Crippen molar-refractivity contribution < 1.29 is 19.1 Å². The second-order valence-electron chi connectivity index (χ2n) is 4.30. The molecule has 2 rings (SSSR count). The summed E-state index contributed by atoms with van der Waals surface area (Å²) in [7, 11) is 0. The molecule has 1 aromatic rings. The molecule has 0 saturated heterocycles. The van der Waals surface area contributed by atoms with Crippen LogP contribution in [0.4, 0.5) is 4.39 Å². The molecule has 1 aliphatic heterocycles. The molecule has 94 valence electrons. The van der Waals surface area contributed by atoms with Crippen LogP contribution >= 0.6 is 0 Å². The molecular formula is C13H12FNO3. The summed E-state index contributed by atoms with van der Waals surface area (Å²) in [6, 6.07) is 4.72. The molecule has 0 atom stereocenters. The highest BCUT2D eigenvalue weighted by molar-refractivity contribution is 6.35. The summed E-state index contributed by atoms with van der Waals surface area (Å²) in [6.07, 6.45) is 0. The number of carbonyl (C=O) groups is 2. The lowest BCUT2D eigenvalue weighted by molar-refractivity contribution is -0.139. The Bertz CT molecular complexity index is 546. The van der Waals surface area contributed by atoms with Gasteiger partial charge in [0.15, 0.2) is 5.76 Å². The highest BCUT2D eigenvalue weighted by atomic mass is 19.1. The third-order valence-corrected chi connectivity index (χ3v) is 2.74. The van der Waals surface area contributed by atoms with E-state index in [-0.39, 0.29) is 11.6 Å². The van der Waals surface area contributed by atoms with Crippen molar-refractivity contribution in [3.05, 3.63) is 41.4 Å². The first-order chi connectivity index (χ1) is 8.43. The molecule has 1 aliphatic rings. The van der Waals surface area contributed by atoms with Gasteiger partial charge in [0.2, 0.25) is 0 Å². The van der Waals surface area contributed by atoms with Crippen LogP contribution in [-0.2, 0) is 9.59 Å². The molecule has 0 unspecified atom stereocenters.